The summed E-state index contributed by atoms with van der Waals surface area (Å²) < 4.78 is 12.9. The van der Waals surface area contributed by atoms with Crippen molar-refractivity contribution in [1.82, 2.24) is 4.90 Å². The lowest BCUT2D eigenvalue weighted by molar-refractivity contribution is 0.221. The molecule has 0 atom stereocenters. The third-order valence-electron chi connectivity index (χ3n) is 3.20. The fourth-order valence-electron chi connectivity index (χ4n) is 1.91. The van der Waals surface area contributed by atoms with Crippen LogP contribution in [-0.2, 0) is 0 Å². The molecular weight excluding hydrogens is 257 g/mol. The van der Waals surface area contributed by atoms with Gasteiger partial charge >= 0.3 is 6.03 Å². The molecule has 1 rings (SSSR count). The van der Waals surface area contributed by atoms with Crippen molar-refractivity contribution in [3.8, 4) is 0 Å². The Morgan fingerprint density at radius 1 is 1.30 bits per heavy atom. The van der Waals surface area contributed by atoms with E-state index in [4.69, 9.17) is 5.73 Å². The number of hydrogen-bond donors (Lipinski definition) is 2. The summed E-state index contributed by atoms with van der Waals surface area (Å²) in [5.74, 6) is -0.412. The van der Waals surface area contributed by atoms with E-state index in [9.17, 15) is 9.18 Å². The van der Waals surface area contributed by atoms with Gasteiger partial charge in [0.25, 0.3) is 0 Å². The summed E-state index contributed by atoms with van der Waals surface area (Å²) >= 11 is 0. The molecule has 0 fully saturated rings. The van der Waals surface area contributed by atoms with Gasteiger partial charge in [0.05, 0.1) is 11.4 Å². The van der Waals surface area contributed by atoms with Gasteiger partial charge in [-0.2, -0.15) is 0 Å². The highest BCUT2D eigenvalue weighted by Gasteiger charge is 2.10. The number of anilines is 2. The minimum absolute atomic E-state index is 0.223. The number of benzene rings is 1. The first kappa shape index (κ1) is 16.3. The zero-order valence-corrected chi connectivity index (χ0v) is 12.3. The number of carbonyl (C=O) groups is 1. The standard InChI is InChI=1S/C15H24FN3O/c1-3-4-5-6-7-10-19(2)15(20)18-14-9-8-12(16)11-13(14)17/h8-9,11H,3-7,10,17H2,1-2H3,(H,18,20). The van der Waals surface area contributed by atoms with Crippen LogP contribution in [-0.4, -0.2) is 24.5 Å². The van der Waals surface area contributed by atoms with E-state index in [2.05, 4.69) is 12.2 Å². The number of unbranched alkanes of at least 4 members (excludes halogenated alkanes) is 4. The fourth-order valence-corrected chi connectivity index (χ4v) is 1.91. The first-order valence-corrected chi connectivity index (χ1v) is 7.11. The van der Waals surface area contributed by atoms with Crippen LogP contribution in [0.5, 0.6) is 0 Å². The quantitative estimate of drug-likeness (QED) is 0.589. The number of carbonyl (C=O) groups excluding carboxylic acids is 1. The molecule has 4 nitrogen and oxygen atoms in total. The van der Waals surface area contributed by atoms with Gasteiger partial charge in [0.2, 0.25) is 0 Å². The number of nitrogens with one attached hydrogen (secondary N) is 1. The normalized spacial score (nSPS) is 10.3. The smallest absolute Gasteiger partial charge is 0.321 e. The average Bonchev–Trinajstić information content (AvgIpc) is 2.41. The Hall–Kier alpha value is -1.78. The molecule has 2 amide bonds. The van der Waals surface area contributed by atoms with Crippen molar-refractivity contribution in [2.45, 2.75) is 39.0 Å². The van der Waals surface area contributed by atoms with E-state index < -0.39 is 5.82 Å². The number of halogens is 1. The van der Waals surface area contributed by atoms with Crippen LogP contribution in [0.1, 0.15) is 39.0 Å². The van der Waals surface area contributed by atoms with E-state index in [-0.39, 0.29) is 11.7 Å². The van der Waals surface area contributed by atoms with E-state index in [0.29, 0.717) is 12.2 Å². The van der Waals surface area contributed by atoms with Gasteiger partial charge in [-0.15, -0.1) is 0 Å². The lowest BCUT2D eigenvalue weighted by Crippen LogP contribution is -2.32. The number of hydrogen-bond acceptors (Lipinski definition) is 2. The van der Waals surface area contributed by atoms with Crippen LogP contribution >= 0.6 is 0 Å². The summed E-state index contributed by atoms with van der Waals surface area (Å²) in [5.41, 5.74) is 6.32. The van der Waals surface area contributed by atoms with Gasteiger partial charge in [-0.25, -0.2) is 9.18 Å². The van der Waals surface area contributed by atoms with E-state index in [0.717, 1.165) is 12.8 Å². The van der Waals surface area contributed by atoms with Crippen LogP contribution in [0.3, 0.4) is 0 Å². The first-order chi connectivity index (χ1) is 9.54. The lowest BCUT2D eigenvalue weighted by atomic mass is 10.1. The average molecular weight is 281 g/mol. The topological polar surface area (TPSA) is 58.4 Å². The molecule has 1 aromatic carbocycles. The number of rotatable bonds is 7. The van der Waals surface area contributed by atoms with Crippen LogP contribution in [0.15, 0.2) is 18.2 Å². The number of nitrogen functional groups attached to an aromatic ring is 1. The van der Waals surface area contributed by atoms with E-state index in [1.165, 1.54) is 37.5 Å². The van der Waals surface area contributed by atoms with Gasteiger partial charge in [-0.1, -0.05) is 32.6 Å². The van der Waals surface area contributed by atoms with E-state index in [1.807, 2.05) is 0 Å². The van der Waals surface area contributed by atoms with Gasteiger partial charge in [-0.3, -0.25) is 0 Å². The number of nitrogens with two attached hydrogens (primary N) is 1. The maximum atomic E-state index is 12.9. The number of nitrogens with zero attached hydrogens (tertiary/aromatic N) is 1. The predicted molar refractivity (Wildman–Crippen MR) is 81.2 cm³/mol. The molecule has 0 saturated carbocycles. The first-order valence-electron chi connectivity index (χ1n) is 7.11. The summed E-state index contributed by atoms with van der Waals surface area (Å²) in [5, 5.41) is 2.68. The molecule has 112 valence electrons. The van der Waals surface area contributed by atoms with E-state index >= 15 is 0 Å². The van der Waals surface area contributed by atoms with Crippen LogP contribution in [0.4, 0.5) is 20.6 Å². The molecule has 0 heterocycles. The molecule has 0 aromatic heterocycles. The Morgan fingerprint density at radius 3 is 2.65 bits per heavy atom. The minimum Gasteiger partial charge on any atom is -0.397 e. The Balaban J connectivity index is 2.37. The Kier molecular flexibility index (Phi) is 6.84. The highest BCUT2D eigenvalue weighted by Crippen LogP contribution is 2.19. The maximum absolute atomic E-state index is 12.9. The molecule has 5 heteroatoms. The molecule has 0 saturated heterocycles. The van der Waals surface area contributed by atoms with Crippen molar-refractivity contribution >= 4 is 17.4 Å². The summed E-state index contributed by atoms with van der Waals surface area (Å²) in [6.45, 7) is 2.88. The molecular formula is C15H24FN3O. The molecule has 0 radical (unpaired) electrons. The predicted octanol–water partition coefficient (Wildman–Crippen LogP) is 3.84. The second-order valence-corrected chi connectivity index (χ2v) is 5.00. The van der Waals surface area contributed by atoms with Crippen molar-refractivity contribution in [2.75, 3.05) is 24.6 Å². The SMILES string of the molecule is CCCCCCCN(C)C(=O)Nc1ccc(F)cc1N. The van der Waals surface area contributed by atoms with Crippen molar-refractivity contribution < 1.29 is 9.18 Å². The third-order valence-corrected chi connectivity index (χ3v) is 3.20. The Bertz CT molecular complexity index is 437. The molecule has 0 aliphatic heterocycles. The molecule has 3 N–H and O–H groups in total. The highest BCUT2D eigenvalue weighted by atomic mass is 19.1. The zero-order chi connectivity index (χ0) is 15.0. The van der Waals surface area contributed by atoms with Crippen LogP contribution in [0.2, 0.25) is 0 Å². The molecule has 0 aliphatic rings. The second kappa shape index (κ2) is 8.40. The summed E-state index contributed by atoms with van der Waals surface area (Å²) in [6.07, 6.45) is 5.77. The highest BCUT2D eigenvalue weighted by molar-refractivity contribution is 5.92. The van der Waals surface area contributed by atoms with Gasteiger partial charge in [0, 0.05) is 13.6 Å². The Labute approximate surface area is 120 Å². The van der Waals surface area contributed by atoms with Gasteiger partial charge < -0.3 is 16.0 Å². The van der Waals surface area contributed by atoms with Gasteiger partial charge in [-0.05, 0) is 24.6 Å². The van der Waals surface area contributed by atoms with Gasteiger partial charge in [0.15, 0.2) is 0 Å². The van der Waals surface area contributed by atoms with Crippen molar-refractivity contribution in [3.63, 3.8) is 0 Å². The molecule has 20 heavy (non-hydrogen) atoms. The number of amides is 2. The van der Waals surface area contributed by atoms with Crippen LogP contribution < -0.4 is 11.1 Å². The summed E-state index contributed by atoms with van der Waals surface area (Å²) in [6, 6.07) is 3.72. The fraction of sp³-hybridized carbons (Fsp3) is 0.533. The van der Waals surface area contributed by atoms with Crippen molar-refractivity contribution in [3.05, 3.63) is 24.0 Å². The molecule has 0 unspecified atom stereocenters. The molecule has 0 aliphatic carbocycles. The lowest BCUT2D eigenvalue weighted by Gasteiger charge is -2.18. The van der Waals surface area contributed by atoms with Gasteiger partial charge in [0.1, 0.15) is 5.82 Å². The summed E-state index contributed by atoms with van der Waals surface area (Å²) in [7, 11) is 1.74. The molecule has 1 aromatic rings. The zero-order valence-electron chi connectivity index (χ0n) is 12.3. The Morgan fingerprint density at radius 2 is 2.00 bits per heavy atom. The third kappa shape index (κ3) is 5.47. The minimum atomic E-state index is -0.412. The largest absolute Gasteiger partial charge is 0.397 e. The monoisotopic (exact) mass is 281 g/mol. The van der Waals surface area contributed by atoms with Crippen molar-refractivity contribution in [2.24, 2.45) is 0 Å². The molecule has 0 spiro atoms. The van der Waals surface area contributed by atoms with Crippen molar-refractivity contribution in [1.29, 1.82) is 0 Å². The number of urea groups is 1. The van der Waals surface area contributed by atoms with Crippen LogP contribution in [0, 0.1) is 5.82 Å². The van der Waals surface area contributed by atoms with Crippen LogP contribution in [0.25, 0.3) is 0 Å². The molecule has 0 bridgehead atoms. The summed E-state index contributed by atoms with van der Waals surface area (Å²) in [4.78, 5) is 13.6. The van der Waals surface area contributed by atoms with E-state index in [1.54, 1.807) is 11.9 Å². The maximum Gasteiger partial charge on any atom is 0.321 e. The second-order valence-electron chi connectivity index (χ2n) is 5.00.